The van der Waals surface area contributed by atoms with Gasteiger partial charge in [0.1, 0.15) is 11.5 Å². The van der Waals surface area contributed by atoms with Crippen LogP contribution in [0.25, 0.3) is 6.08 Å². The maximum Gasteiger partial charge on any atom is 0.337 e. The van der Waals surface area contributed by atoms with Gasteiger partial charge in [-0.3, -0.25) is 0 Å². The van der Waals surface area contributed by atoms with Crippen LogP contribution in [0.3, 0.4) is 0 Å². The van der Waals surface area contributed by atoms with E-state index >= 15 is 0 Å². The van der Waals surface area contributed by atoms with Crippen LogP contribution in [-0.4, -0.2) is 24.2 Å². The number of phenols is 1. The van der Waals surface area contributed by atoms with Gasteiger partial charge in [0.05, 0.1) is 12.7 Å². The zero-order chi connectivity index (χ0) is 15.9. The number of para-hydroxylation sites is 1. The van der Waals surface area contributed by atoms with Crippen molar-refractivity contribution in [2.45, 2.75) is 0 Å². The van der Waals surface area contributed by atoms with E-state index in [0.717, 1.165) is 0 Å². The monoisotopic (exact) mass is 298 g/mol. The Labute approximate surface area is 127 Å². The van der Waals surface area contributed by atoms with E-state index in [2.05, 4.69) is 4.74 Å². The van der Waals surface area contributed by atoms with Crippen LogP contribution < -0.4 is 4.74 Å². The van der Waals surface area contributed by atoms with E-state index in [1.165, 1.54) is 37.5 Å². The Balaban J connectivity index is 2.06. The highest BCUT2D eigenvalue weighted by molar-refractivity contribution is 5.92. The molecule has 5 nitrogen and oxygen atoms in total. The molecule has 0 bridgehead atoms. The minimum absolute atomic E-state index is 0.133. The van der Waals surface area contributed by atoms with E-state index in [-0.39, 0.29) is 11.3 Å². The number of hydrogen-bond donors (Lipinski definition) is 1. The fourth-order valence-electron chi connectivity index (χ4n) is 1.73. The average Bonchev–Trinajstić information content (AvgIpc) is 2.53. The third kappa shape index (κ3) is 3.96. The average molecular weight is 298 g/mol. The second-order valence-electron chi connectivity index (χ2n) is 4.33. The lowest BCUT2D eigenvalue weighted by atomic mass is 10.1. The van der Waals surface area contributed by atoms with Crippen molar-refractivity contribution >= 4 is 18.0 Å². The summed E-state index contributed by atoms with van der Waals surface area (Å²) in [6, 6.07) is 12.9. The van der Waals surface area contributed by atoms with Crippen LogP contribution in [0.1, 0.15) is 15.9 Å². The summed E-state index contributed by atoms with van der Waals surface area (Å²) < 4.78 is 9.63. The number of aromatic hydroxyl groups is 1. The molecule has 0 spiro atoms. The smallest absolute Gasteiger partial charge is 0.337 e. The Bertz CT molecular complexity index is 704. The number of phenolic OH excluding ortho intramolecular Hbond substituents is 1. The summed E-state index contributed by atoms with van der Waals surface area (Å²) in [6.07, 6.45) is 2.60. The number of hydrogen-bond acceptors (Lipinski definition) is 5. The molecule has 0 aromatic heterocycles. The highest BCUT2D eigenvalue weighted by Crippen LogP contribution is 2.21. The summed E-state index contributed by atoms with van der Waals surface area (Å²) in [7, 11) is 1.26. The Kier molecular flexibility index (Phi) is 4.93. The molecule has 0 aliphatic rings. The minimum atomic E-state index is -0.567. The van der Waals surface area contributed by atoms with Crippen molar-refractivity contribution in [3.63, 3.8) is 0 Å². The van der Waals surface area contributed by atoms with Gasteiger partial charge in [-0.15, -0.1) is 0 Å². The van der Waals surface area contributed by atoms with Crippen LogP contribution in [0.15, 0.2) is 54.6 Å². The van der Waals surface area contributed by atoms with E-state index in [1.807, 2.05) is 6.07 Å². The summed E-state index contributed by atoms with van der Waals surface area (Å²) in [5, 5.41) is 9.83. The molecule has 0 fully saturated rings. The fourth-order valence-corrected chi connectivity index (χ4v) is 1.73. The summed E-state index contributed by atoms with van der Waals surface area (Å²) in [6.45, 7) is 0. The first-order valence-corrected chi connectivity index (χ1v) is 6.46. The van der Waals surface area contributed by atoms with E-state index in [9.17, 15) is 14.7 Å². The highest BCUT2D eigenvalue weighted by atomic mass is 16.5. The van der Waals surface area contributed by atoms with Gasteiger partial charge in [0.15, 0.2) is 0 Å². The molecule has 0 amide bonds. The van der Waals surface area contributed by atoms with Gasteiger partial charge in [0, 0.05) is 11.6 Å². The van der Waals surface area contributed by atoms with Crippen LogP contribution in [0.5, 0.6) is 11.5 Å². The van der Waals surface area contributed by atoms with Crippen molar-refractivity contribution in [3.8, 4) is 11.5 Å². The van der Waals surface area contributed by atoms with Crippen molar-refractivity contribution in [2.24, 2.45) is 0 Å². The zero-order valence-corrected chi connectivity index (χ0v) is 11.9. The standard InChI is InChI=1S/C17H14O5/c1-21-17(20)13-8-7-12(15(18)11-13)9-10-16(19)22-14-5-3-2-4-6-14/h2-11,18H,1H3. The van der Waals surface area contributed by atoms with Gasteiger partial charge < -0.3 is 14.6 Å². The first kappa shape index (κ1) is 15.3. The van der Waals surface area contributed by atoms with Crippen LogP contribution in [-0.2, 0) is 9.53 Å². The predicted octanol–water partition coefficient (Wildman–Crippen LogP) is 2.80. The summed E-state index contributed by atoms with van der Waals surface area (Å²) in [5.41, 5.74) is 0.613. The third-order valence-electron chi connectivity index (χ3n) is 2.81. The van der Waals surface area contributed by atoms with Gasteiger partial charge in [-0.2, -0.15) is 0 Å². The number of benzene rings is 2. The molecule has 0 aliphatic heterocycles. The Hall–Kier alpha value is -3.08. The Morgan fingerprint density at radius 2 is 1.82 bits per heavy atom. The Morgan fingerprint density at radius 1 is 1.09 bits per heavy atom. The molecule has 0 unspecified atom stereocenters. The van der Waals surface area contributed by atoms with Gasteiger partial charge in [0.25, 0.3) is 0 Å². The summed E-state index contributed by atoms with van der Waals surface area (Å²) >= 11 is 0. The molecule has 112 valence electrons. The SMILES string of the molecule is COC(=O)c1ccc(C=CC(=O)Oc2ccccc2)c(O)c1. The number of rotatable bonds is 4. The van der Waals surface area contributed by atoms with Crippen molar-refractivity contribution in [3.05, 3.63) is 65.7 Å². The zero-order valence-electron chi connectivity index (χ0n) is 11.9. The number of carbonyl (C=O) groups is 2. The number of esters is 2. The first-order valence-electron chi connectivity index (χ1n) is 6.46. The molecule has 2 rings (SSSR count). The normalized spacial score (nSPS) is 10.4. The molecular weight excluding hydrogens is 284 g/mol. The topological polar surface area (TPSA) is 72.8 Å². The van der Waals surface area contributed by atoms with Gasteiger partial charge in [-0.05, 0) is 30.3 Å². The summed E-state index contributed by atoms with van der Waals surface area (Å²) in [5.74, 6) is -0.814. The van der Waals surface area contributed by atoms with E-state index in [1.54, 1.807) is 24.3 Å². The van der Waals surface area contributed by atoms with E-state index in [0.29, 0.717) is 11.3 Å². The first-order chi connectivity index (χ1) is 10.6. The molecular formula is C17H14O5. The molecule has 1 N–H and O–H groups in total. The van der Waals surface area contributed by atoms with Crippen molar-refractivity contribution in [1.82, 2.24) is 0 Å². The lowest BCUT2D eigenvalue weighted by Crippen LogP contribution is -2.03. The number of methoxy groups -OCH3 is 1. The van der Waals surface area contributed by atoms with Crippen LogP contribution in [0, 0.1) is 0 Å². The van der Waals surface area contributed by atoms with Crippen molar-refractivity contribution in [2.75, 3.05) is 7.11 Å². The van der Waals surface area contributed by atoms with Gasteiger partial charge in [-0.25, -0.2) is 9.59 Å². The molecule has 0 atom stereocenters. The third-order valence-corrected chi connectivity index (χ3v) is 2.81. The largest absolute Gasteiger partial charge is 0.507 e. The molecule has 0 saturated carbocycles. The van der Waals surface area contributed by atoms with E-state index in [4.69, 9.17) is 4.74 Å². The lowest BCUT2D eigenvalue weighted by Gasteiger charge is -2.03. The predicted molar refractivity (Wildman–Crippen MR) is 80.6 cm³/mol. The molecule has 22 heavy (non-hydrogen) atoms. The van der Waals surface area contributed by atoms with Crippen molar-refractivity contribution < 1.29 is 24.2 Å². The number of carbonyl (C=O) groups excluding carboxylic acids is 2. The molecule has 0 saturated heterocycles. The van der Waals surface area contributed by atoms with Gasteiger partial charge in [0.2, 0.25) is 0 Å². The molecule has 0 heterocycles. The molecule has 2 aromatic carbocycles. The van der Waals surface area contributed by atoms with E-state index < -0.39 is 11.9 Å². The second-order valence-corrected chi connectivity index (χ2v) is 4.33. The maximum absolute atomic E-state index is 11.7. The molecule has 5 heteroatoms. The number of ether oxygens (including phenoxy) is 2. The van der Waals surface area contributed by atoms with Crippen molar-refractivity contribution in [1.29, 1.82) is 0 Å². The molecule has 0 radical (unpaired) electrons. The Morgan fingerprint density at radius 3 is 2.45 bits per heavy atom. The quantitative estimate of drug-likeness (QED) is 0.534. The van der Waals surface area contributed by atoms with Gasteiger partial charge >= 0.3 is 11.9 Å². The van der Waals surface area contributed by atoms with Crippen LogP contribution >= 0.6 is 0 Å². The highest BCUT2D eigenvalue weighted by Gasteiger charge is 2.08. The molecule has 0 aliphatic carbocycles. The minimum Gasteiger partial charge on any atom is -0.507 e. The fraction of sp³-hybridized carbons (Fsp3) is 0.0588. The lowest BCUT2D eigenvalue weighted by molar-refractivity contribution is -0.128. The molecule has 2 aromatic rings. The summed E-state index contributed by atoms with van der Waals surface area (Å²) in [4.78, 5) is 23.0. The van der Waals surface area contributed by atoms with Gasteiger partial charge in [-0.1, -0.05) is 24.3 Å². The van der Waals surface area contributed by atoms with Crippen LogP contribution in [0.2, 0.25) is 0 Å². The maximum atomic E-state index is 11.7. The second kappa shape index (κ2) is 7.08. The van der Waals surface area contributed by atoms with Crippen LogP contribution in [0.4, 0.5) is 0 Å².